The standard InChI is InChI=1S/C29H39NO6S2/c1-8-35-28(32)29(4,5)36-27-19(2)15-21(16-20(27)3)9-10-23-17-30(38(7,33)34)18-25(23)26(31)22-11-13-24(37-6)14-12-22/h11-16,23,25H,8-10,17-18H2,1-7H3/t23-,25?/m0/s1. The number of ketones is 1. The largest absolute Gasteiger partial charge is 0.476 e. The van der Waals surface area contributed by atoms with Gasteiger partial charge in [-0.2, -0.15) is 0 Å². The zero-order chi connectivity index (χ0) is 28.3. The zero-order valence-electron chi connectivity index (χ0n) is 23.4. The molecule has 0 amide bonds. The highest BCUT2D eigenvalue weighted by Crippen LogP contribution is 2.34. The van der Waals surface area contributed by atoms with Crippen LogP contribution in [0, 0.1) is 25.7 Å². The molecule has 2 aromatic carbocycles. The maximum atomic E-state index is 13.4. The summed E-state index contributed by atoms with van der Waals surface area (Å²) in [6.45, 7) is 9.86. The fourth-order valence-corrected chi connectivity index (χ4v) is 6.26. The number of ether oxygens (including phenoxy) is 2. The second kappa shape index (κ2) is 12.2. The highest BCUT2D eigenvalue weighted by atomic mass is 32.2. The summed E-state index contributed by atoms with van der Waals surface area (Å²) in [5.74, 6) is -0.251. The van der Waals surface area contributed by atoms with Crippen molar-refractivity contribution in [3.63, 3.8) is 0 Å². The number of hydrogen-bond donors (Lipinski definition) is 0. The van der Waals surface area contributed by atoms with Crippen LogP contribution < -0.4 is 4.74 Å². The van der Waals surface area contributed by atoms with Gasteiger partial charge in [-0.05, 0) is 88.5 Å². The summed E-state index contributed by atoms with van der Waals surface area (Å²) in [5, 5.41) is 0. The second-order valence-corrected chi connectivity index (χ2v) is 13.3. The molecule has 0 aromatic heterocycles. The predicted octanol–water partition coefficient (Wildman–Crippen LogP) is 5.07. The van der Waals surface area contributed by atoms with Crippen molar-refractivity contribution in [2.75, 3.05) is 32.2 Å². The Bertz CT molecular complexity index is 1250. The molecule has 0 N–H and O–H groups in total. The smallest absolute Gasteiger partial charge is 0.349 e. The van der Waals surface area contributed by atoms with Crippen LogP contribution in [-0.4, -0.2) is 62.3 Å². The van der Waals surface area contributed by atoms with Crippen molar-refractivity contribution in [1.82, 2.24) is 4.31 Å². The number of carbonyl (C=O) groups excluding carboxylic acids is 2. The van der Waals surface area contributed by atoms with Crippen LogP contribution in [0.4, 0.5) is 0 Å². The first-order valence-corrected chi connectivity index (χ1v) is 15.9. The number of Topliss-reactive ketones (excluding diaryl/α,β-unsaturated/α-hetero) is 1. The molecule has 0 spiro atoms. The highest BCUT2D eigenvalue weighted by molar-refractivity contribution is 7.98. The van der Waals surface area contributed by atoms with E-state index in [1.54, 1.807) is 32.5 Å². The third-order valence-corrected chi connectivity index (χ3v) is 9.02. The lowest BCUT2D eigenvalue weighted by molar-refractivity contribution is -0.158. The molecule has 9 heteroatoms. The molecule has 2 aromatic rings. The normalized spacial score (nSPS) is 18.4. The topological polar surface area (TPSA) is 90.0 Å². The molecule has 208 valence electrons. The van der Waals surface area contributed by atoms with E-state index in [9.17, 15) is 18.0 Å². The first-order chi connectivity index (χ1) is 17.8. The quantitative estimate of drug-likeness (QED) is 0.215. The van der Waals surface area contributed by atoms with Gasteiger partial charge in [0.2, 0.25) is 10.0 Å². The van der Waals surface area contributed by atoms with E-state index < -0.39 is 21.6 Å². The minimum absolute atomic E-state index is 0.00823. The number of hydrogen-bond acceptors (Lipinski definition) is 7. The van der Waals surface area contributed by atoms with Gasteiger partial charge < -0.3 is 9.47 Å². The molecule has 1 aliphatic rings. The molecule has 3 rings (SSSR count). The lowest BCUT2D eigenvalue weighted by atomic mass is 9.84. The minimum Gasteiger partial charge on any atom is -0.476 e. The van der Waals surface area contributed by atoms with Gasteiger partial charge in [-0.25, -0.2) is 17.5 Å². The van der Waals surface area contributed by atoms with Crippen molar-refractivity contribution < 1.29 is 27.5 Å². The number of aryl methyl sites for hydroxylation is 3. The summed E-state index contributed by atoms with van der Waals surface area (Å²) < 4.78 is 37.3. The number of benzene rings is 2. The van der Waals surface area contributed by atoms with E-state index in [2.05, 4.69) is 0 Å². The van der Waals surface area contributed by atoms with Gasteiger partial charge in [0.1, 0.15) is 5.75 Å². The Labute approximate surface area is 231 Å². The van der Waals surface area contributed by atoms with Crippen LogP contribution >= 0.6 is 11.8 Å². The fraction of sp³-hybridized carbons (Fsp3) is 0.517. The van der Waals surface area contributed by atoms with Crippen LogP contribution in [0.5, 0.6) is 5.75 Å². The van der Waals surface area contributed by atoms with Crippen LogP contribution in [0.15, 0.2) is 41.3 Å². The average Bonchev–Trinajstić information content (AvgIpc) is 3.30. The number of thioether (sulfide) groups is 1. The lowest BCUT2D eigenvalue weighted by Gasteiger charge is -2.26. The first kappa shape index (κ1) is 30.2. The van der Waals surface area contributed by atoms with Crippen molar-refractivity contribution in [3.05, 3.63) is 58.7 Å². The van der Waals surface area contributed by atoms with Crippen LogP contribution in [-0.2, 0) is 26.0 Å². The van der Waals surface area contributed by atoms with Crippen LogP contribution in [0.2, 0.25) is 0 Å². The molecule has 0 aliphatic carbocycles. The van der Waals surface area contributed by atoms with Crippen LogP contribution in [0.1, 0.15) is 54.2 Å². The van der Waals surface area contributed by atoms with E-state index in [-0.39, 0.29) is 30.8 Å². The molecule has 1 saturated heterocycles. The van der Waals surface area contributed by atoms with Crippen molar-refractivity contribution >= 4 is 33.5 Å². The number of carbonyl (C=O) groups is 2. The van der Waals surface area contributed by atoms with Gasteiger partial charge in [0.15, 0.2) is 11.4 Å². The average molecular weight is 562 g/mol. The zero-order valence-corrected chi connectivity index (χ0v) is 25.0. The summed E-state index contributed by atoms with van der Waals surface area (Å²) >= 11 is 1.61. The first-order valence-electron chi connectivity index (χ1n) is 12.9. The third kappa shape index (κ3) is 7.18. The van der Waals surface area contributed by atoms with Gasteiger partial charge in [0, 0.05) is 29.5 Å². The van der Waals surface area contributed by atoms with E-state index >= 15 is 0 Å². The van der Waals surface area contributed by atoms with Gasteiger partial charge in [-0.3, -0.25) is 4.79 Å². The highest BCUT2D eigenvalue weighted by Gasteiger charge is 2.41. The number of sulfonamides is 1. The fourth-order valence-electron chi connectivity index (χ4n) is 4.96. The molecule has 1 unspecified atom stereocenters. The molecule has 0 radical (unpaired) electrons. The second-order valence-electron chi connectivity index (χ2n) is 10.5. The Morgan fingerprint density at radius 3 is 2.21 bits per heavy atom. The number of esters is 1. The maximum Gasteiger partial charge on any atom is 0.349 e. The minimum atomic E-state index is -3.40. The Balaban J connectivity index is 1.78. The van der Waals surface area contributed by atoms with Gasteiger partial charge in [-0.1, -0.05) is 24.3 Å². The summed E-state index contributed by atoms with van der Waals surface area (Å²) in [6, 6.07) is 11.6. The molecule has 1 aliphatic heterocycles. The summed E-state index contributed by atoms with van der Waals surface area (Å²) in [6.07, 6.45) is 4.56. The summed E-state index contributed by atoms with van der Waals surface area (Å²) in [7, 11) is -3.40. The number of rotatable bonds is 11. The Hall–Kier alpha value is -2.36. The van der Waals surface area contributed by atoms with Crippen molar-refractivity contribution in [3.8, 4) is 5.75 Å². The van der Waals surface area contributed by atoms with E-state index in [0.717, 1.165) is 21.6 Å². The molecule has 0 bridgehead atoms. The molecular weight excluding hydrogens is 522 g/mol. The Morgan fingerprint density at radius 1 is 1.08 bits per heavy atom. The predicted molar refractivity (Wildman–Crippen MR) is 152 cm³/mol. The molecular formula is C29H39NO6S2. The van der Waals surface area contributed by atoms with E-state index in [1.165, 1.54) is 10.6 Å². The van der Waals surface area contributed by atoms with Gasteiger partial charge in [-0.15, -0.1) is 11.8 Å². The van der Waals surface area contributed by atoms with E-state index in [4.69, 9.17) is 9.47 Å². The van der Waals surface area contributed by atoms with Gasteiger partial charge in [0.25, 0.3) is 0 Å². The molecule has 38 heavy (non-hydrogen) atoms. The molecule has 2 atom stereocenters. The molecule has 0 saturated carbocycles. The van der Waals surface area contributed by atoms with Crippen LogP contribution in [0.3, 0.4) is 0 Å². The monoisotopic (exact) mass is 561 g/mol. The number of nitrogens with zero attached hydrogens (tertiary/aromatic N) is 1. The van der Waals surface area contributed by atoms with Gasteiger partial charge in [0.05, 0.1) is 12.9 Å². The van der Waals surface area contributed by atoms with E-state index in [1.807, 2.05) is 56.5 Å². The Morgan fingerprint density at radius 2 is 1.68 bits per heavy atom. The molecule has 1 fully saturated rings. The summed E-state index contributed by atoms with van der Waals surface area (Å²) in [4.78, 5) is 26.8. The Kier molecular flexibility index (Phi) is 9.71. The molecule has 1 heterocycles. The van der Waals surface area contributed by atoms with Crippen LogP contribution in [0.25, 0.3) is 0 Å². The summed E-state index contributed by atoms with van der Waals surface area (Å²) in [5.41, 5.74) is 2.39. The van der Waals surface area contributed by atoms with Crippen molar-refractivity contribution in [2.45, 2.75) is 58.0 Å². The van der Waals surface area contributed by atoms with Gasteiger partial charge >= 0.3 is 5.97 Å². The van der Waals surface area contributed by atoms with E-state index in [0.29, 0.717) is 30.7 Å². The maximum absolute atomic E-state index is 13.4. The SMILES string of the molecule is CCOC(=O)C(C)(C)Oc1c(C)cc(CC[C@H]2CN(S(C)(=O)=O)CC2C(=O)c2ccc(SC)cc2)cc1C. The van der Waals surface area contributed by atoms with Crippen molar-refractivity contribution in [2.24, 2.45) is 11.8 Å². The van der Waals surface area contributed by atoms with Crippen molar-refractivity contribution in [1.29, 1.82) is 0 Å². The third-order valence-electron chi connectivity index (χ3n) is 7.04. The molecule has 7 nitrogen and oxygen atoms in total. The lowest BCUT2D eigenvalue weighted by Crippen LogP contribution is -2.40.